The Morgan fingerprint density at radius 3 is 2.94 bits per heavy atom. The highest BCUT2D eigenvalue weighted by Crippen LogP contribution is 2.13. The van der Waals surface area contributed by atoms with E-state index in [-0.39, 0.29) is 12.0 Å². The molecule has 84 valence electrons. The second kappa shape index (κ2) is 6.14. The average molecular weight is 241 g/mol. The van der Waals surface area contributed by atoms with Crippen molar-refractivity contribution in [1.82, 2.24) is 0 Å². The highest BCUT2D eigenvalue weighted by molar-refractivity contribution is 6.30. The number of carbonyl (C=O) groups is 1. The lowest BCUT2D eigenvalue weighted by atomic mass is 10.2. The Balaban J connectivity index is 2.66. The maximum Gasteiger partial charge on any atom is 0.317 e. The van der Waals surface area contributed by atoms with Crippen molar-refractivity contribution in [2.75, 3.05) is 6.61 Å². The molecule has 0 amide bonds. The highest BCUT2D eigenvalue weighted by atomic mass is 35.5. The Kier molecular flexibility index (Phi) is 4.81. The van der Waals surface area contributed by atoms with Gasteiger partial charge in [-0.2, -0.15) is 0 Å². The number of benzene rings is 1. The van der Waals surface area contributed by atoms with Gasteiger partial charge in [-0.25, -0.2) is 4.39 Å². The fourth-order valence-electron chi connectivity index (χ4n) is 1.01. The summed E-state index contributed by atoms with van der Waals surface area (Å²) in [5, 5.41) is 0.313. The smallest absolute Gasteiger partial charge is 0.317 e. The van der Waals surface area contributed by atoms with Gasteiger partial charge in [-0.05, 0) is 25.1 Å². The summed E-state index contributed by atoms with van der Waals surface area (Å²) in [7, 11) is 0. The molecule has 0 N–H and O–H groups in total. The number of ether oxygens (including phenoxy) is 1. The minimum absolute atomic E-state index is 0.0457. The van der Waals surface area contributed by atoms with Crippen molar-refractivity contribution in [1.29, 1.82) is 0 Å². The molecular formula is C12H10ClFO2. The van der Waals surface area contributed by atoms with Gasteiger partial charge < -0.3 is 4.74 Å². The van der Waals surface area contributed by atoms with Gasteiger partial charge >= 0.3 is 5.97 Å². The molecule has 0 aliphatic rings. The van der Waals surface area contributed by atoms with Crippen LogP contribution in [0.4, 0.5) is 4.39 Å². The van der Waals surface area contributed by atoms with Gasteiger partial charge in [0.15, 0.2) is 0 Å². The monoisotopic (exact) mass is 240 g/mol. The van der Waals surface area contributed by atoms with E-state index in [1.54, 1.807) is 13.0 Å². The zero-order chi connectivity index (χ0) is 12.0. The van der Waals surface area contributed by atoms with Crippen LogP contribution in [0, 0.1) is 17.7 Å². The van der Waals surface area contributed by atoms with Crippen molar-refractivity contribution < 1.29 is 13.9 Å². The summed E-state index contributed by atoms with van der Waals surface area (Å²) in [6.07, 6.45) is -0.0457. The number of halogens is 2. The molecule has 0 bridgehead atoms. The molecule has 1 aromatic carbocycles. The van der Waals surface area contributed by atoms with Crippen LogP contribution < -0.4 is 0 Å². The van der Waals surface area contributed by atoms with E-state index >= 15 is 0 Å². The van der Waals surface area contributed by atoms with Crippen LogP contribution in [0.2, 0.25) is 5.02 Å². The van der Waals surface area contributed by atoms with Crippen molar-refractivity contribution in [3.8, 4) is 11.8 Å². The first kappa shape index (κ1) is 12.5. The highest BCUT2D eigenvalue weighted by Gasteiger charge is 2.00. The number of carbonyl (C=O) groups excluding carboxylic acids is 1. The van der Waals surface area contributed by atoms with Crippen LogP contribution in [0.1, 0.15) is 18.9 Å². The Labute approximate surface area is 98.4 Å². The molecule has 0 saturated carbocycles. The third-order valence-corrected chi connectivity index (χ3v) is 1.93. The lowest BCUT2D eigenvalue weighted by molar-refractivity contribution is -0.141. The maximum atomic E-state index is 13.2. The summed E-state index contributed by atoms with van der Waals surface area (Å²) in [4.78, 5) is 10.9. The lowest BCUT2D eigenvalue weighted by Crippen LogP contribution is -2.01. The molecule has 0 atom stereocenters. The molecule has 0 unspecified atom stereocenters. The van der Waals surface area contributed by atoms with E-state index in [2.05, 4.69) is 16.6 Å². The first-order valence-corrected chi connectivity index (χ1v) is 5.11. The van der Waals surface area contributed by atoms with Crippen molar-refractivity contribution in [2.24, 2.45) is 0 Å². The largest absolute Gasteiger partial charge is 0.465 e. The number of esters is 1. The van der Waals surface area contributed by atoms with Gasteiger partial charge in [0.25, 0.3) is 0 Å². The van der Waals surface area contributed by atoms with Crippen molar-refractivity contribution in [3.63, 3.8) is 0 Å². The average Bonchev–Trinajstić information content (AvgIpc) is 2.22. The van der Waals surface area contributed by atoms with Gasteiger partial charge in [-0.1, -0.05) is 23.4 Å². The minimum Gasteiger partial charge on any atom is -0.465 e. The predicted octanol–water partition coefficient (Wildman–Crippen LogP) is 2.78. The van der Waals surface area contributed by atoms with Crippen molar-refractivity contribution in [3.05, 3.63) is 34.6 Å². The first-order chi connectivity index (χ1) is 7.63. The molecule has 0 saturated heterocycles. The zero-order valence-corrected chi connectivity index (χ0v) is 9.47. The van der Waals surface area contributed by atoms with E-state index in [4.69, 9.17) is 11.6 Å². The fraction of sp³-hybridized carbons (Fsp3) is 0.250. The van der Waals surface area contributed by atoms with Crippen molar-refractivity contribution in [2.45, 2.75) is 13.3 Å². The van der Waals surface area contributed by atoms with E-state index in [9.17, 15) is 9.18 Å². The standard InChI is InChI=1S/C12H10ClFO2/c1-2-16-12(15)5-3-4-9-6-7-10(13)8-11(9)14/h6-8H,2,5H2,1H3. The molecule has 4 heteroatoms. The van der Waals surface area contributed by atoms with Crippen LogP contribution in [0.25, 0.3) is 0 Å². The van der Waals surface area contributed by atoms with Crippen LogP contribution in [-0.4, -0.2) is 12.6 Å². The summed E-state index contributed by atoms with van der Waals surface area (Å²) < 4.78 is 17.9. The molecule has 0 fully saturated rings. The topological polar surface area (TPSA) is 26.3 Å². The Morgan fingerprint density at radius 2 is 2.31 bits per heavy atom. The molecule has 0 heterocycles. The SMILES string of the molecule is CCOC(=O)CC#Cc1ccc(Cl)cc1F. The van der Waals surface area contributed by atoms with Crippen LogP contribution in [0.15, 0.2) is 18.2 Å². The van der Waals surface area contributed by atoms with E-state index in [0.29, 0.717) is 11.6 Å². The quantitative estimate of drug-likeness (QED) is 0.587. The van der Waals surface area contributed by atoms with Crippen molar-refractivity contribution >= 4 is 17.6 Å². The Hall–Kier alpha value is -1.53. The van der Waals surface area contributed by atoms with Gasteiger partial charge in [-0.15, -0.1) is 0 Å². The molecule has 1 aromatic rings. The molecular weight excluding hydrogens is 231 g/mol. The second-order valence-corrected chi connectivity index (χ2v) is 3.34. The molecule has 0 spiro atoms. The van der Waals surface area contributed by atoms with Crippen LogP contribution in [-0.2, 0) is 9.53 Å². The number of rotatable bonds is 2. The van der Waals surface area contributed by atoms with E-state index in [1.807, 2.05) is 0 Å². The van der Waals surface area contributed by atoms with Gasteiger partial charge in [0.1, 0.15) is 12.2 Å². The summed E-state index contributed by atoms with van der Waals surface area (Å²) in [6.45, 7) is 2.03. The molecule has 0 radical (unpaired) electrons. The van der Waals surface area contributed by atoms with Gasteiger partial charge in [0.2, 0.25) is 0 Å². The van der Waals surface area contributed by atoms with Crippen LogP contribution in [0.3, 0.4) is 0 Å². The number of hydrogen-bond donors (Lipinski definition) is 0. The van der Waals surface area contributed by atoms with Crippen LogP contribution >= 0.6 is 11.6 Å². The summed E-state index contributed by atoms with van der Waals surface area (Å²) >= 11 is 5.58. The van der Waals surface area contributed by atoms with Gasteiger partial charge in [0.05, 0.1) is 12.2 Å². The molecule has 0 aromatic heterocycles. The zero-order valence-electron chi connectivity index (χ0n) is 8.72. The maximum absolute atomic E-state index is 13.2. The molecule has 0 aliphatic heterocycles. The fourth-order valence-corrected chi connectivity index (χ4v) is 1.17. The van der Waals surface area contributed by atoms with Gasteiger partial charge in [-0.3, -0.25) is 4.79 Å². The van der Waals surface area contributed by atoms with E-state index in [0.717, 1.165) is 0 Å². The predicted molar refractivity (Wildman–Crippen MR) is 59.5 cm³/mol. The molecule has 0 aliphatic carbocycles. The Bertz CT molecular complexity index is 446. The number of hydrogen-bond acceptors (Lipinski definition) is 2. The normalized spacial score (nSPS) is 9.19. The van der Waals surface area contributed by atoms with Gasteiger partial charge in [0, 0.05) is 5.02 Å². The second-order valence-electron chi connectivity index (χ2n) is 2.91. The third kappa shape index (κ3) is 3.92. The van der Waals surface area contributed by atoms with E-state index < -0.39 is 11.8 Å². The summed E-state index contributed by atoms with van der Waals surface area (Å²) in [6, 6.07) is 4.19. The Morgan fingerprint density at radius 1 is 1.56 bits per heavy atom. The summed E-state index contributed by atoms with van der Waals surface area (Å²) in [5.74, 6) is 4.17. The first-order valence-electron chi connectivity index (χ1n) is 4.73. The van der Waals surface area contributed by atoms with E-state index in [1.165, 1.54) is 12.1 Å². The minimum atomic E-state index is -0.496. The molecule has 16 heavy (non-hydrogen) atoms. The third-order valence-electron chi connectivity index (χ3n) is 1.69. The molecule has 1 rings (SSSR count). The van der Waals surface area contributed by atoms with Crippen LogP contribution in [0.5, 0.6) is 0 Å². The molecule has 2 nitrogen and oxygen atoms in total. The lowest BCUT2D eigenvalue weighted by Gasteiger charge is -1.96. The summed E-state index contributed by atoms with van der Waals surface area (Å²) in [5.41, 5.74) is 0.216.